The van der Waals surface area contributed by atoms with Gasteiger partial charge in [-0.2, -0.15) is 0 Å². The van der Waals surface area contributed by atoms with Gasteiger partial charge in [0.1, 0.15) is 0 Å². The molecule has 21 heavy (non-hydrogen) atoms. The van der Waals surface area contributed by atoms with E-state index in [1.165, 1.54) is 0 Å². The lowest BCUT2D eigenvalue weighted by molar-refractivity contribution is 0.115. The summed E-state index contributed by atoms with van der Waals surface area (Å²) in [7, 11) is -4.35. The van der Waals surface area contributed by atoms with Gasteiger partial charge in [-0.3, -0.25) is 0 Å². The van der Waals surface area contributed by atoms with Crippen LogP contribution < -0.4 is 4.90 Å². The third kappa shape index (κ3) is 4.12. The number of rotatable bonds is 5. The largest absolute Gasteiger partial charge is 0.748 e. The van der Waals surface area contributed by atoms with Gasteiger partial charge in [0, 0.05) is 43.3 Å². The van der Waals surface area contributed by atoms with Crippen molar-refractivity contribution in [1.29, 1.82) is 0 Å². The molecule has 0 amide bonds. The van der Waals surface area contributed by atoms with Crippen LogP contribution in [0.3, 0.4) is 0 Å². The molecule has 0 aliphatic carbocycles. The van der Waals surface area contributed by atoms with E-state index < -0.39 is 21.3 Å². The summed E-state index contributed by atoms with van der Waals surface area (Å²) in [6.07, 6.45) is 5.29. The number of aryl methyl sites for hydroxylation is 1. The second-order valence-electron chi connectivity index (χ2n) is 5.59. The normalized spacial score (nSPS) is 18.7. The molecule has 1 saturated heterocycles. The summed E-state index contributed by atoms with van der Waals surface area (Å²) in [5.74, 6) is 0.0867. The van der Waals surface area contributed by atoms with Crippen molar-refractivity contribution in [3.8, 4) is 0 Å². The fraction of sp³-hybridized carbons (Fsp3) is 0.692. The molecule has 8 heteroatoms. The molecule has 7 nitrogen and oxygen atoms in total. The van der Waals surface area contributed by atoms with Gasteiger partial charge in [0.25, 0.3) is 0 Å². The maximum absolute atomic E-state index is 11.0. The highest BCUT2D eigenvalue weighted by atomic mass is 32.2. The van der Waals surface area contributed by atoms with Crippen LogP contribution in [0, 0.1) is 5.41 Å². The van der Waals surface area contributed by atoms with Gasteiger partial charge in [-0.15, -0.1) is 0 Å². The van der Waals surface area contributed by atoms with Crippen LogP contribution in [-0.4, -0.2) is 53.5 Å². The molecule has 1 aliphatic rings. The SMILES string of the molecule is CCc1cnc(N2CCC(CO)(CS(=O)(=O)[O-])CC2)nc1. The summed E-state index contributed by atoms with van der Waals surface area (Å²) < 4.78 is 32.9. The predicted octanol–water partition coefficient (Wildman–Crippen LogP) is 0.163. The second kappa shape index (κ2) is 6.25. The predicted molar refractivity (Wildman–Crippen MR) is 76.9 cm³/mol. The lowest BCUT2D eigenvalue weighted by atomic mass is 9.81. The second-order valence-corrected chi connectivity index (χ2v) is 7.00. The number of piperidine rings is 1. The van der Waals surface area contributed by atoms with E-state index >= 15 is 0 Å². The third-order valence-corrected chi connectivity index (χ3v) is 4.99. The maximum atomic E-state index is 11.0. The number of nitrogens with zero attached hydrogens (tertiary/aromatic N) is 3. The zero-order valence-corrected chi connectivity index (χ0v) is 12.8. The molecule has 0 saturated carbocycles. The van der Waals surface area contributed by atoms with Crippen LogP contribution in [0.5, 0.6) is 0 Å². The molecule has 0 radical (unpaired) electrons. The van der Waals surface area contributed by atoms with Crippen LogP contribution in [0.1, 0.15) is 25.3 Å². The fourth-order valence-electron chi connectivity index (χ4n) is 2.60. The first-order valence-electron chi connectivity index (χ1n) is 6.98. The number of anilines is 1. The highest BCUT2D eigenvalue weighted by molar-refractivity contribution is 7.85. The average molecular weight is 314 g/mol. The minimum absolute atomic E-state index is 0.294. The Morgan fingerprint density at radius 3 is 2.33 bits per heavy atom. The molecule has 0 bridgehead atoms. The Bertz CT molecular complexity index is 566. The van der Waals surface area contributed by atoms with Gasteiger partial charge in [0.05, 0.1) is 10.1 Å². The molecule has 1 N–H and O–H groups in total. The van der Waals surface area contributed by atoms with E-state index in [1.54, 1.807) is 12.4 Å². The van der Waals surface area contributed by atoms with E-state index in [0.29, 0.717) is 31.9 Å². The zero-order valence-electron chi connectivity index (χ0n) is 12.0. The molecule has 2 rings (SSSR count). The summed E-state index contributed by atoms with van der Waals surface area (Å²) in [5, 5.41) is 9.48. The highest BCUT2D eigenvalue weighted by Crippen LogP contribution is 2.33. The number of aliphatic hydroxyl groups excluding tert-OH is 1. The molecule has 1 fully saturated rings. The first-order valence-corrected chi connectivity index (χ1v) is 8.55. The third-order valence-electron chi connectivity index (χ3n) is 4.03. The van der Waals surface area contributed by atoms with Gasteiger partial charge < -0.3 is 14.6 Å². The summed E-state index contributed by atoms with van der Waals surface area (Å²) in [6, 6.07) is 0. The Labute approximate surface area is 124 Å². The highest BCUT2D eigenvalue weighted by Gasteiger charge is 2.36. The summed E-state index contributed by atoms with van der Waals surface area (Å²) in [6.45, 7) is 2.79. The van der Waals surface area contributed by atoms with Gasteiger partial charge in [-0.1, -0.05) is 6.92 Å². The molecule has 118 valence electrons. The first kappa shape index (κ1) is 16.1. The molecule has 2 heterocycles. The van der Waals surface area contributed by atoms with Crippen molar-refractivity contribution in [3.63, 3.8) is 0 Å². The summed E-state index contributed by atoms with van der Waals surface area (Å²) in [4.78, 5) is 10.5. The van der Waals surface area contributed by atoms with Gasteiger partial charge >= 0.3 is 0 Å². The smallest absolute Gasteiger partial charge is 0.225 e. The van der Waals surface area contributed by atoms with E-state index in [1.807, 2.05) is 11.8 Å². The van der Waals surface area contributed by atoms with Crippen molar-refractivity contribution in [2.24, 2.45) is 5.41 Å². The minimum Gasteiger partial charge on any atom is -0.748 e. The number of aromatic nitrogens is 2. The number of aliphatic hydroxyl groups is 1. The standard InChI is InChI=1S/C13H21N3O4S/c1-2-11-7-14-12(15-8-11)16-5-3-13(9-17,4-6-16)10-21(18,19)20/h7-8,17H,2-6,9-10H2,1H3,(H,18,19,20)/p-1. The van der Waals surface area contributed by atoms with Crippen LogP contribution in [0.2, 0.25) is 0 Å². The van der Waals surface area contributed by atoms with E-state index in [0.717, 1.165) is 12.0 Å². The maximum Gasteiger partial charge on any atom is 0.225 e. The van der Waals surface area contributed by atoms with Crippen LogP contribution in [0.25, 0.3) is 0 Å². The van der Waals surface area contributed by atoms with Crippen LogP contribution in [0.4, 0.5) is 5.95 Å². The summed E-state index contributed by atoms with van der Waals surface area (Å²) >= 11 is 0. The van der Waals surface area contributed by atoms with E-state index in [9.17, 15) is 18.1 Å². The van der Waals surface area contributed by atoms with Crippen LogP contribution in [0.15, 0.2) is 12.4 Å². The van der Waals surface area contributed by atoms with Crippen LogP contribution >= 0.6 is 0 Å². The van der Waals surface area contributed by atoms with Crippen molar-refractivity contribution < 1.29 is 18.1 Å². The Kier molecular flexibility index (Phi) is 4.80. The molecular weight excluding hydrogens is 294 g/mol. The Morgan fingerprint density at radius 1 is 1.33 bits per heavy atom. The van der Waals surface area contributed by atoms with E-state index in [-0.39, 0.29) is 6.61 Å². The average Bonchev–Trinajstić information content (AvgIpc) is 2.46. The Balaban J connectivity index is 2.04. The molecule has 0 unspecified atom stereocenters. The molecule has 0 spiro atoms. The van der Waals surface area contributed by atoms with E-state index in [2.05, 4.69) is 9.97 Å². The van der Waals surface area contributed by atoms with Crippen molar-refractivity contribution in [2.45, 2.75) is 26.2 Å². The zero-order chi connectivity index (χ0) is 15.5. The molecule has 1 aromatic rings. The Morgan fingerprint density at radius 2 is 1.90 bits per heavy atom. The van der Waals surface area contributed by atoms with Gasteiger partial charge in [-0.25, -0.2) is 18.4 Å². The monoisotopic (exact) mass is 314 g/mol. The Hall–Kier alpha value is -1.25. The first-order chi connectivity index (χ1) is 9.87. The molecule has 1 aromatic heterocycles. The van der Waals surface area contributed by atoms with Crippen LogP contribution in [-0.2, 0) is 16.5 Å². The summed E-state index contributed by atoms with van der Waals surface area (Å²) in [5.41, 5.74) is 0.221. The molecule has 0 aromatic carbocycles. The topological polar surface area (TPSA) is 106 Å². The minimum atomic E-state index is -4.35. The molecular formula is C13H20N3O4S-. The lowest BCUT2D eigenvalue weighted by Crippen LogP contribution is -2.46. The quantitative estimate of drug-likeness (QED) is 0.772. The van der Waals surface area contributed by atoms with E-state index in [4.69, 9.17) is 0 Å². The van der Waals surface area contributed by atoms with Crippen molar-refractivity contribution >= 4 is 16.1 Å². The molecule has 1 aliphatic heterocycles. The van der Waals surface area contributed by atoms with Gasteiger partial charge in [0.15, 0.2) is 0 Å². The number of hydrogen-bond acceptors (Lipinski definition) is 7. The number of hydrogen-bond donors (Lipinski definition) is 1. The van der Waals surface area contributed by atoms with Crippen molar-refractivity contribution in [3.05, 3.63) is 18.0 Å². The van der Waals surface area contributed by atoms with Crippen molar-refractivity contribution in [1.82, 2.24) is 9.97 Å². The fourth-order valence-corrected chi connectivity index (χ4v) is 3.73. The molecule has 0 atom stereocenters. The van der Waals surface area contributed by atoms with Gasteiger partial charge in [0.2, 0.25) is 5.95 Å². The van der Waals surface area contributed by atoms with Crippen molar-refractivity contribution in [2.75, 3.05) is 30.3 Å². The lowest BCUT2D eigenvalue weighted by Gasteiger charge is -2.41. The van der Waals surface area contributed by atoms with Gasteiger partial charge in [-0.05, 0) is 24.8 Å².